The van der Waals surface area contributed by atoms with Gasteiger partial charge in [-0.3, -0.25) is 5.32 Å². The monoisotopic (exact) mass is 435 g/mol. The van der Waals surface area contributed by atoms with Gasteiger partial charge in [0.25, 0.3) is 0 Å². The minimum Gasteiger partial charge on any atom is -0.491 e. The summed E-state index contributed by atoms with van der Waals surface area (Å²) in [5, 5.41) is 21.3. The summed E-state index contributed by atoms with van der Waals surface area (Å²) in [6.45, 7) is 2.07. The quantitative estimate of drug-likeness (QED) is 0.436. The van der Waals surface area contributed by atoms with Gasteiger partial charge in [0.2, 0.25) is 0 Å². The maximum absolute atomic E-state index is 12.7. The van der Waals surface area contributed by atoms with Gasteiger partial charge in [-0.15, -0.1) is 11.8 Å². The van der Waals surface area contributed by atoms with Crippen molar-refractivity contribution >= 4 is 23.5 Å². The number of ether oxygens (including phenoxy) is 3. The molecule has 0 aliphatic rings. The van der Waals surface area contributed by atoms with Crippen LogP contribution in [0.5, 0.6) is 5.75 Å². The van der Waals surface area contributed by atoms with Gasteiger partial charge in [-0.1, -0.05) is 18.2 Å². The molecule has 30 heavy (non-hydrogen) atoms. The second kappa shape index (κ2) is 13.1. The molecule has 164 valence electrons. The first kappa shape index (κ1) is 24.0. The third kappa shape index (κ3) is 7.21. The molecular formula is C22H29NO6S. The van der Waals surface area contributed by atoms with Crippen molar-refractivity contribution in [3.05, 3.63) is 54.1 Å². The van der Waals surface area contributed by atoms with Gasteiger partial charge in [-0.05, 0) is 43.5 Å². The molecule has 1 amide bonds. The number of carbonyl (C=O) groups excluding carboxylic acids is 1. The van der Waals surface area contributed by atoms with Gasteiger partial charge >= 0.3 is 6.09 Å². The highest BCUT2D eigenvalue weighted by Gasteiger charge is 2.30. The molecule has 0 saturated carbocycles. The fraction of sp³-hybridized carbons (Fsp3) is 0.409. The van der Waals surface area contributed by atoms with Crippen LogP contribution >= 0.6 is 11.8 Å². The van der Waals surface area contributed by atoms with Gasteiger partial charge in [0.15, 0.2) is 6.10 Å². The average Bonchev–Trinajstić information content (AvgIpc) is 2.77. The van der Waals surface area contributed by atoms with E-state index >= 15 is 0 Å². The van der Waals surface area contributed by atoms with E-state index in [1.807, 2.05) is 25.3 Å². The molecule has 2 aromatic carbocycles. The van der Waals surface area contributed by atoms with Gasteiger partial charge < -0.3 is 24.4 Å². The highest BCUT2D eigenvalue weighted by Crippen LogP contribution is 2.33. The highest BCUT2D eigenvalue weighted by molar-refractivity contribution is 7.98. The first-order chi connectivity index (χ1) is 14.6. The first-order valence-corrected chi connectivity index (χ1v) is 11.0. The minimum absolute atomic E-state index is 0.108. The number of hydrogen-bond donors (Lipinski definition) is 3. The van der Waals surface area contributed by atoms with E-state index in [9.17, 15) is 9.90 Å². The Labute approximate surface area is 181 Å². The molecule has 7 nitrogen and oxygen atoms in total. The van der Waals surface area contributed by atoms with E-state index in [0.29, 0.717) is 23.6 Å². The molecule has 0 radical (unpaired) electrons. The number of aliphatic hydroxyl groups excluding tert-OH is 2. The zero-order valence-corrected chi connectivity index (χ0v) is 18.1. The number of benzene rings is 2. The lowest BCUT2D eigenvalue weighted by atomic mass is 10.0. The van der Waals surface area contributed by atoms with Crippen LogP contribution in [-0.2, 0) is 9.47 Å². The van der Waals surface area contributed by atoms with E-state index in [1.54, 1.807) is 48.2 Å². The summed E-state index contributed by atoms with van der Waals surface area (Å²) in [6.07, 6.45) is 0.243. The Morgan fingerprint density at radius 1 is 1.10 bits per heavy atom. The van der Waals surface area contributed by atoms with Crippen molar-refractivity contribution in [2.24, 2.45) is 0 Å². The SMILES string of the molecule is CCO[C@H](CCO)[C@H](OC(=O)Nc1ccc(SC)cc1)c1ccccc1OCCO. The molecule has 2 aromatic rings. The Morgan fingerprint density at radius 2 is 1.83 bits per heavy atom. The van der Waals surface area contributed by atoms with Crippen LogP contribution in [0, 0.1) is 0 Å². The number of rotatable bonds is 12. The predicted octanol–water partition coefficient (Wildman–Crippen LogP) is 3.86. The highest BCUT2D eigenvalue weighted by atomic mass is 32.2. The fourth-order valence-corrected chi connectivity index (χ4v) is 3.35. The molecule has 0 heterocycles. The van der Waals surface area contributed by atoms with Crippen LogP contribution in [0.2, 0.25) is 0 Å². The number of carbonyl (C=O) groups is 1. The average molecular weight is 436 g/mol. The van der Waals surface area contributed by atoms with E-state index in [-0.39, 0.29) is 26.2 Å². The van der Waals surface area contributed by atoms with Crippen LogP contribution < -0.4 is 10.1 Å². The van der Waals surface area contributed by atoms with E-state index in [1.165, 1.54) is 0 Å². The molecule has 0 aliphatic heterocycles. The zero-order valence-electron chi connectivity index (χ0n) is 17.2. The van der Waals surface area contributed by atoms with E-state index in [4.69, 9.17) is 19.3 Å². The van der Waals surface area contributed by atoms with Crippen LogP contribution in [0.1, 0.15) is 25.0 Å². The predicted molar refractivity (Wildman–Crippen MR) is 117 cm³/mol. The van der Waals surface area contributed by atoms with Crippen molar-refractivity contribution in [2.45, 2.75) is 30.4 Å². The molecule has 0 aromatic heterocycles. The minimum atomic E-state index is -0.808. The molecule has 3 N–H and O–H groups in total. The van der Waals surface area contributed by atoms with Crippen molar-refractivity contribution < 1.29 is 29.2 Å². The Bertz CT molecular complexity index is 764. The second-order valence-electron chi connectivity index (χ2n) is 6.30. The van der Waals surface area contributed by atoms with Crippen molar-refractivity contribution in [3.8, 4) is 5.75 Å². The number of hydrogen-bond acceptors (Lipinski definition) is 7. The normalized spacial score (nSPS) is 12.8. The summed E-state index contributed by atoms with van der Waals surface area (Å²) in [7, 11) is 0. The summed E-state index contributed by atoms with van der Waals surface area (Å²) in [5.74, 6) is 0.483. The van der Waals surface area contributed by atoms with Gasteiger partial charge in [0.1, 0.15) is 18.5 Å². The Balaban J connectivity index is 2.25. The molecule has 2 atom stereocenters. The lowest BCUT2D eigenvalue weighted by molar-refractivity contribution is -0.0493. The Hall–Kier alpha value is -2.26. The number of nitrogens with one attached hydrogen (secondary N) is 1. The summed E-state index contributed by atoms with van der Waals surface area (Å²) in [6, 6.07) is 14.5. The van der Waals surface area contributed by atoms with E-state index in [2.05, 4.69) is 5.32 Å². The van der Waals surface area contributed by atoms with Crippen molar-refractivity contribution in [1.82, 2.24) is 0 Å². The third-order valence-electron chi connectivity index (χ3n) is 4.28. The Morgan fingerprint density at radius 3 is 2.47 bits per heavy atom. The summed E-state index contributed by atoms with van der Waals surface area (Å²) >= 11 is 1.61. The number of anilines is 1. The van der Waals surface area contributed by atoms with Crippen molar-refractivity contribution in [3.63, 3.8) is 0 Å². The van der Waals surface area contributed by atoms with Crippen LogP contribution in [0.4, 0.5) is 10.5 Å². The van der Waals surface area contributed by atoms with Crippen LogP contribution in [0.3, 0.4) is 0 Å². The molecule has 0 spiro atoms. The fourth-order valence-electron chi connectivity index (χ4n) is 2.94. The zero-order chi connectivity index (χ0) is 21.8. The number of para-hydroxylation sites is 1. The molecule has 0 bridgehead atoms. The summed E-state index contributed by atoms with van der Waals surface area (Å²) < 4.78 is 17.1. The maximum atomic E-state index is 12.7. The number of amides is 1. The standard InChI is InChI=1S/C22H29NO6S/c1-3-27-20(12-13-24)21(18-6-4-5-7-19(18)28-15-14-25)29-22(26)23-16-8-10-17(30-2)11-9-16/h4-11,20-21,24-25H,3,12-15H2,1-2H3,(H,23,26)/t20-,21-/m1/s1. The van der Waals surface area contributed by atoms with Gasteiger partial charge in [-0.2, -0.15) is 0 Å². The molecule has 2 rings (SSSR count). The van der Waals surface area contributed by atoms with Crippen LogP contribution in [0.15, 0.2) is 53.4 Å². The molecule has 0 unspecified atom stereocenters. The molecule has 0 saturated heterocycles. The lowest BCUT2D eigenvalue weighted by Gasteiger charge is -2.28. The third-order valence-corrected chi connectivity index (χ3v) is 5.02. The summed E-state index contributed by atoms with van der Waals surface area (Å²) in [4.78, 5) is 13.7. The molecule has 0 fully saturated rings. The van der Waals surface area contributed by atoms with Crippen molar-refractivity contribution in [1.29, 1.82) is 0 Å². The number of aliphatic hydroxyl groups is 2. The smallest absolute Gasteiger partial charge is 0.412 e. The van der Waals surface area contributed by atoms with E-state index in [0.717, 1.165) is 4.90 Å². The topological polar surface area (TPSA) is 97.2 Å². The second-order valence-corrected chi connectivity index (χ2v) is 7.18. The molecule has 0 aliphatic carbocycles. The lowest BCUT2D eigenvalue weighted by Crippen LogP contribution is -2.30. The van der Waals surface area contributed by atoms with Crippen molar-refractivity contribution in [2.75, 3.05) is 38.0 Å². The van der Waals surface area contributed by atoms with E-state index < -0.39 is 18.3 Å². The maximum Gasteiger partial charge on any atom is 0.412 e. The summed E-state index contributed by atoms with van der Waals surface area (Å²) in [5.41, 5.74) is 1.21. The van der Waals surface area contributed by atoms with Gasteiger partial charge in [-0.25, -0.2) is 4.79 Å². The van der Waals surface area contributed by atoms with Crippen LogP contribution in [0.25, 0.3) is 0 Å². The Kier molecular flexibility index (Phi) is 10.5. The first-order valence-electron chi connectivity index (χ1n) is 9.79. The van der Waals surface area contributed by atoms with Gasteiger partial charge in [0, 0.05) is 35.8 Å². The number of thioether (sulfide) groups is 1. The van der Waals surface area contributed by atoms with Gasteiger partial charge in [0.05, 0.1) is 6.61 Å². The molecule has 8 heteroatoms. The largest absolute Gasteiger partial charge is 0.491 e. The van der Waals surface area contributed by atoms with Crippen LogP contribution in [-0.4, -0.2) is 55.1 Å². The molecular weight excluding hydrogens is 406 g/mol.